The maximum Gasteiger partial charge on any atom is 0.240 e. The number of carbonyl (C=O) groups is 1. The SMILES string of the molecule is Cc1ccc(N(CC(=O)NC[C@@H](C)Oc2cccnc2)S(C)(=O)=O)cc1. The second-order valence-electron chi connectivity index (χ2n) is 6.03. The van der Waals surface area contributed by atoms with Crippen LogP contribution in [0.2, 0.25) is 0 Å². The summed E-state index contributed by atoms with van der Waals surface area (Å²) in [6, 6.07) is 10.5. The fourth-order valence-corrected chi connectivity index (χ4v) is 3.10. The summed E-state index contributed by atoms with van der Waals surface area (Å²) < 4.78 is 30.8. The molecule has 1 atom stereocenters. The summed E-state index contributed by atoms with van der Waals surface area (Å²) in [5.41, 5.74) is 1.46. The van der Waals surface area contributed by atoms with Crippen molar-refractivity contribution in [2.75, 3.05) is 23.7 Å². The van der Waals surface area contributed by atoms with Gasteiger partial charge in [-0.3, -0.25) is 14.1 Å². The molecule has 0 bridgehead atoms. The van der Waals surface area contributed by atoms with Gasteiger partial charge in [-0.2, -0.15) is 0 Å². The molecule has 0 spiro atoms. The number of rotatable bonds is 8. The molecule has 0 aliphatic heterocycles. The van der Waals surface area contributed by atoms with Gasteiger partial charge in [0.15, 0.2) is 0 Å². The summed E-state index contributed by atoms with van der Waals surface area (Å²) in [6.45, 7) is 3.67. The fraction of sp³-hybridized carbons (Fsp3) is 0.333. The molecule has 2 rings (SSSR count). The Morgan fingerprint density at radius 1 is 1.27 bits per heavy atom. The minimum Gasteiger partial charge on any atom is -0.487 e. The molecule has 0 unspecified atom stereocenters. The van der Waals surface area contributed by atoms with E-state index in [2.05, 4.69) is 10.3 Å². The highest BCUT2D eigenvalue weighted by atomic mass is 32.2. The van der Waals surface area contributed by atoms with Gasteiger partial charge in [-0.1, -0.05) is 17.7 Å². The molecule has 0 aliphatic carbocycles. The summed E-state index contributed by atoms with van der Waals surface area (Å²) >= 11 is 0. The fourth-order valence-electron chi connectivity index (χ4n) is 2.25. The zero-order valence-corrected chi connectivity index (χ0v) is 15.9. The molecule has 26 heavy (non-hydrogen) atoms. The van der Waals surface area contributed by atoms with E-state index in [-0.39, 0.29) is 19.2 Å². The van der Waals surface area contributed by atoms with Crippen molar-refractivity contribution in [1.82, 2.24) is 10.3 Å². The average Bonchev–Trinajstić information content (AvgIpc) is 2.59. The molecular weight excluding hydrogens is 354 g/mol. The van der Waals surface area contributed by atoms with Gasteiger partial charge in [0.2, 0.25) is 15.9 Å². The molecule has 1 amide bonds. The maximum atomic E-state index is 12.2. The van der Waals surface area contributed by atoms with E-state index in [0.717, 1.165) is 16.1 Å². The van der Waals surface area contributed by atoms with Gasteiger partial charge in [-0.05, 0) is 38.1 Å². The minimum atomic E-state index is -3.58. The first-order chi connectivity index (χ1) is 12.3. The van der Waals surface area contributed by atoms with E-state index < -0.39 is 15.9 Å². The topological polar surface area (TPSA) is 88.6 Å². The van der Waals surface area contributed by atoms with E-state index in [0.29, 0.717) is 11.4 Å². The number of hydrogen-bond donors (Lipinski definition) is 1. The van der Waals surface area contributed by atoms with Crippen LogP contribution in [0.4, 0.5) is 5.69 Å². The number of benzene rings is 1. The molecular formula is C18H23N3O4S. The van der Waals surface area contributed by atoms with E-state index >= 15 is 0 Å². The second-order valence-corrected chi connectivity index (χ2v) is 7.93. The summed E-state index contributed by atoms with van der Waals surface area (Å²) in [5, 5.41) is 2.70. The Morgan fingerprint density at radius 3 is 2.54 bits per heavy atom. The lowest BCUT2D eigenvalue weighted by Crippen LogP contribution is -2.42. The lowest BCUT2D eigenvalue weighted by molar-refractivity contribution is -0.119. The van der Waals surface area contributed by atoms with Crippen LogP contribution in [0.25, 0.3) is 0 Å². The molecule has 1 heterocycles. The van der Waals surface area contributed by atoms with Crippen LogP contribution in [-0.4, -0.2) is 44.8 Å². The van der Waals surface area contributed by atoms with Gasteiger partial charge in [0, 0.05) is 6.20 Å². The summed E-state index contributed by atoms with van der Waals surface area (Å²) in [7, 11) is -3.58. The van der Waals surface area contributed by atoms with Gasteiger partial charge < -0.3 is 10.1 Å². The number of carbonyl (C=O) groups excluding carboxylic acids is 1. The number of ether oxygens (including phenoxy) is 1. The normalized spacial score (nSPS) is 12.3. The number of aromatic nitrogens is 1. The Morgan fingerprint density at radius 2 is 1.96 bits per heavy atom. The number of sulfonamides is 1. The Hall–Kier alpha value is -2.61. The van der Waals surface area contributed by atoms with Crippen LogP contribution in [0.1, 0.15) is 12.5 Å². The summed E-state index contributed by atoms with van der Waals surface area (Å²) in [6.07, 6.45) is 4.02. The zero-order chi connectivity index (χ0) is 19.2. The molecule has 1 aromatic carbocycles. The van der Waals surface area contributed by atoms with Crippen molar-refractivity contribution in [3.05, 3.63) is 54.4 Å². The first kappa shape index (κ1) is 19.7. The predicted molar refractivity (Wildman–Crippen MR) is 101 cm³/mol. The molecule has 0 fully saturated rings. The second kappa shape index (κ2) is 8.66. The maximum absolute atomic E-state index is 12.2. The Balaban J connectivity index is 1.94. The summed E-state index contributed by atoms with van der Waals surface area (Å²) in [4.78, 5) is 16.2. The molecule has 1 aromatic heterocycles. The van der Waals surface area contributed by atoms with Crippen molar-refractivity contribution in [3.63, 3.8) is 0 Å². The number of amides is 1. The number of hydrogen-bond acceptors (Lipinski definition) is 5. The molecule has 0 saturated heterocycles. The highest BCUT2D eigenvalue weighted by Gasteiger charge is 2.21. The van der Waals surface area contributed by atoms with Crippen molar-refractivity contribution < 1.29 is 17.9 Å². The largest absolute Gasteiger partial charge is 0.487 e. The van der Waals surface area contributed by atoms with E-state index in [1.54, 1.807) is 48.8 Å². The molecule has 0 saturated carbocycles. The van der Waals surface area contributed by atoms with Crippen LogP contribution < -0.4 is 14.4 Å². The quantitative estimate of drug-likeness (QED) is 0.757. The average molecular weight is 377 g/mol. The molecule has 1 N–H and O–H groups in total. The summed E-state index contributed by atoms with van der Waals surface area (Å²) in [5.74, 6) is 0.198. The van der Waals surface area contributed by atoms with Gasteiger partial charge >= 0.3 is 0 Å². The Labute approximate surface area is 154 Å². The third kappa shape index (κ3) is 6.03. The van der Waals surface area contributed by atoms with E-state index in [4.69, 9.17) is 4.74 Å². The minimum absolute atomic E-state index is 0.249. The van der Waals surface area contributed by atoms with Crippen LogP contribution in [0, 0.1) is 6.92 Å². The standard InChI is InChI=1S/C18H23N3O4S/c1-14-6-8-16(9-7-14)21(26(3,23)24)13-18(22)20-11-15(2)25-17-5-4-10-19-12-17/h4-10,12,15H,11,13H2,1-3H3,(H,20,22)/t15-/m1/s1. The molecule has 0 aliphatic rings. The molecule has 140 valence electrons. The number of pyridine rings is 1. The number of aryl methyl sites for hydroxylation is 1. The zero-order valence-electron chi connectivity index (χ0n) is 15.0. The van der Waals surface area contributed by atoms with Crippen LogP contribution >= 0.6 is 0 Å². The van der Waals surface area contributed by atoms with Crippen LogP contribution in [0.5, 0.6) is 5.75 Å². The molecule has 2 aromatic rings. The smallest absolute Gasteiger partial charge is 0.240 e. The lowest BCUT2D eigenvalue weighted by atomic mass is 10.2. The van der Waals surface area contributed by atoms with Crippen LogP contribution in [-0.2, 0) is 14.8 Å². The van der Waals surface area contributed by atoms with Crippen molar-refractivity contribution in [3.8, 4) is 5.75 Å². The van der Waals surface area contributed by atoms with E-state index in [9.17, 15) is 13.2 Å². The van der Waals surface area contributed by atoms with Gasteiger partial charge in [0.05, 0.1) is 24.7 Å². The number of nitrogens with one attached hydrogen (secondary N) is 1. The first-order valence-electron chi connectivity index (χ1n) is 8.13. The lowest BCUT2D eigenvalue weighted by Gasteiger charge is -2.22. The van der Waals surface area contributed by atoms with Crippen LogP contribution in [0.15, 0.2) is 48.8 Å². The Bertz CT molecular complexity index is 823. The highest BCUT2D eigenvalue weighted by molar-refractivity contribution is 7.92. The first-order valence-corrected chi connectivity index (χ1v) is 9.98. The molecule has 8 heteroatoms. The highest BCUT2D eigenvalue weighted by Crippen LogP contribution is 2.17. The molecule has 0 radical (unpaired) electrons. The van der Waals surface area contributed by atoms with Crippen molar-refractivity contribution in [2.24, 2.45) is 0 Å². The van der Waals surface area contributed by atoms with Crippen molar-refractivity contribution >= 4 is 21.6 Å². The van der Waals surface area contributed by atoms with Gasteiger partial charge in [0.1, 0.15) is 18.4 Å². The van der Waals surface area contributed by atoms with Gasteiger partial charge in [-0.15, -0.1) is 0 Å². The van der Waals surface area contributed by atoms with Gasteiger partial charge in [-0.25, -0.2) is 8.42 Å². The van der Waals surface area contributed by atoms with Crippen molar-refractivity contribution in [1.29, 1.82) is 0 Å². The monoisotopic (exact) mass is 377 g/mol. The van der Waals surface area contributed by atoms with Crippen molar-refractivity contribution in [2.45, 2.75) is 20.0 Å². The van der Waals surface area contributed by atoms with E-state index in [1.807, 2.05) is 13.8 Å². The number of anilines is 1. The third-order valence-electron chi connectivity index (χ3n) is 3.57. The predicted octanol–water partition coefficient (Wildman–Crippen LogP) is 1.74. The van der Waals surface area contributed by atoms with E-state index in [1.165, 1.54) is 0 Å². The van der Waals surface area contributed by atoms with Crippen LogP contribution in [0.3, 0.4) is 0 Å². The number of nitrogens with zero attached hydrogens (tertiary/aromatic N) is 2. The Kier molecular flexibility index (Phi) is 6.57. The third-order valence-corrected chi connectivity index (χ3v) is 4.71. The molecule has 7 nitrogen and oxygen atoms in total. The van der Waals surface area contributed by atoms with Gasteiger partial charge in [0.25, 0.3) is 0 Å².